The first kappa shape index (κ1) is 23.7. The van der Waals surface area contributed by atoms with Crippen LogP contribution in [0.5, 0.6) is 0 Å². The Labute approximate surface area is 221 Å². The minimum absolute atomic E-state index is 0.238. The van der Waals surface area contributed by atoms with Crippen molar-refractivity contribution in [1.29, 1.82) is 0 Å². The smallest absolute Gasteiger partial charge is 0.308 e. The molecule has 1 N–H and O–H groups in total. The van der Waals surface area contributed by atoms with Gasteiger partial charge in [-0.25, -0.2) is 13.9 Å². The van der Waals surface area contributed by atoms with Gasteiger partial charge in [-0.05, 0) is 67.4 Å². The van der Waals surface area contributed by atoms with E-state index in [0.29, 0.717) is 18.7 Å². The van der Waals surface area contributed by atoms with Gasteiger partial charge in [0.15, 0.2) is 0 Å². The number of hydrogen-bond acceptors (Lipinski definition) is 2. The van der Waals surface area contributed by atoms with Crippen molar-refractivity contribution >= 4 is 11.7 Å². The number of fused-ring (bicyclic) bond motifs is 3. The highest BCUT2D eigenvalue weighted by molar-refractivity contribution is 5.90. The van der Waals surface area contributed by atoms with Crippen LogP contribution in [0.3, 0.4) is 0 Å². The molecule has 6 nitrogen and oxygen atoms in total. The number of para-hydroxylation sites is 1. The van der Waals surface area contributed by atoms with E-state index in [1.165, 1.54) is 12.1 Å². The van der Waals surface area contributed by atoms with Crippen LogP contribution < -0.4 is 5.32 Å². The molecule has 2 amide bonds. The molecule has 0 saturated carbocycles. The highest BCUT2D eigenvalue weighted by Crippen LogP contribution is 2.39. The summed E-state index contributed by atoms with van der Waals surface area (Å²) in [5, 5.41) is 8.07. The van der Waals surface area contributed by atoms with E-state index in [9.17, 15) is 9.18 Å². The summed E-state index contributed by atoms with van der Waals surface area (Å²) in [7, 11) is 0. The molecule has 0 unspecified atom stereocenters. The van der Waals surface area contributed by atoms with E-state index in [4.69, 9.17) is 5.10 Å². The van der Waals surface area contributed by atoms with Gasteiger partial charge in [0.05, 0.1) is 29.7 Å². The molecule has 3 heterocycles. The Morgan fingerprint density at radius 1 is 0.974 bits per heavy atom. The number of aromatic nitrogens is 3. The molecule has 0 aliphatic carbocycles. The third kappa shape index (κ3) is 4.16. The third-order valence-electron chi connectivity index (χ3n) is 7.05. The summed E-state index contributed by atoms with van der Waals surface area (Å²) in [6, 6.07) is 27.5. The number of benzene rings is 3. The van der Waals surface area contributed by atoms with Gasteiger partial charge in [0.25, 0.3) is 0 Å². The lowest BCUT2D eigenvalue weighted by atomic mass is 10.0. The Balaban J connectivity index is 1.54. The SMILES string of the molecule is CCc1nn(-c2ccccc2)c2c1CN(C(=O)Nc1ccc(C)cc1)[C@H](c1ccc(F)cc1)c1cccn1-2. The molecular formula is C31H28FN5O. The van der Waals surface area contributed by atoms with E-state index in [2.05, 4.69) is 16.8 Å². The van der Waals surface area contributed by atoms with Crippen molar-refractivity contribution in [2.24, 2.45) is 0 Å². The molecule has 0 saturated heterocycles. The number of nitrogens with zero attached hydrogens (tertiary/aromatic N) is 4. The summed E-state index contributed by atoms with van der Waals surface area (Å²) in [5.74, 6) is 0.593. The van der Waals surface area contributed by atoms with Crippen molar-refractivity contribution in [2.75, 3.05) is 5.32 Å². The molecule has 0 fully saturated rings. The molecule has 1 aliphatic rings. The van der Waals surface area contributed by atoms with Crippen molar-refractivity contribution < 1.29 is 9.18 Å². The number of carbonyl (C=O) groups is 1. The van der Waals surface area contributed by atoms with Crippen molar-refractivity contribution in [3.05, 3.63) is 131 Å². The maximum absolute atomic E-state index is 14.0. The van der Waals surface area contributed by atoms with Crippen molar-refractivity contribution in [3.8, 4) is 11.5 Å². The first-order valence-corrected chi connectivity index (χ1v) is 12.8. The Hall–Kier alpha value is -4.65. The molecule has 5 aromatic rings. The highest BCUT2D eigenvalue weighted by atomic mass is 19.1. The fraction of sp³-hybridized carbons (Fsp3) is 0.161. The van der Waals surface area contributed by atoms with Crippen LogP contribution in [-0.2, 0) is 13.0 Å². The average Bonchev–Trinajstić information content (AvgIpc) is 3.52. The summed E-state index contributed by atoms with van der Waals surface area (Å²) in [5.41, 5.74) is 6.41. The van der Waals surface area contributed by atoms with E-state index in [1.807, 2.05) is 89.4 Å². The molecule has 0 bridgehead atoms. The molecule has 1 atom stereocenters. The second-order valence-corrected chi connectivity index (χ2v) is 9.53. The molecule has 190 valence electrons. The molecule has 2 aromatic heterocycles. The van der Waals surface area contributed by atoms with Crippen LogP contribution in [-0.4, -0.2) is 25.3 Å². The molecule has 0 radical (unpaired) electrons. The third-order valence-corrected chi connectivity index (χ3v) is 7.05. The summed E-state index contributed by atoms with van der Waals surface area (Å²) < 4.78 is 18.0. The van der Waals surface area contributed by atoms with Crippen molar-refractivity contribution in [1.82, 2.24) is 19.2 Å². The molecule has 0 spiro atoms. The zero-order valence-electron chi connectivity index (χ0n) is 21.3. The molecule has 1 aliphatic heterocycles. The van der Waals surface area contributed by atoms with Crippen LogP contribution in [0.2, 0.25) is 0 Å². The normalized spacial score (nSPS) is 14.5. The molecule has 3 aromatic carbocycles. The van der Waals surface area contributed by atoms with E-state index >= 15 is 0 Å². The van der Waals surface area contributed by atoms with E-state index in [0.717, 1.165) is 39.6 Å². The fourth-order valence-corrected chi connectivity index (χ4v) is 5.18. The molecule has 6 rings (SSSR count). The van der Waals surface area contributed by atoms with E-state index < -0.39 is 6.04 Å². The quantitative estimate of drug-likeness (QED) is 0.292. The average molecular weight is 506 g/mol. The van der Waals surface area contributed by atoms with Gasteiger partial charge in [-0.2, -0.15) is 5.10 Å². The number of rotatable bonds is 4. The maximum atomic E-state index is 14.0. The Kier molecular flexibility index (Phi) is 6.04. The summed E-state index contributed by atoms with van der Waals surface area (Å²) in [6.45, 7) is 4.43. The lowest BCUT2D eigenvalue weighted by Gasteiger charge is -2.31. The van der Waals surface area contributed by atoms with Crippen LogP contribution in [0.1, 0.15) is 41.0 Å². The lowest BCUT2D eigenvalue weighted by molar-refractivity contribution is 0.194. The summed E-state index contributed by atoms with van der Waals surface area (Å²) in [6.07, 6.45) is 2.72. The van der Waals surface area contributed by atoms with Gasteiger partial charge in [0, 0.05) is 17.4 Å². The predicted octanol–water partition coefficient (Wildman–Crippen LogP) is 6.81. The second kappa shape index (κ2) is 9.67. The van der Waals surface area contributed by atoms with Crippen LogP contribution in [0.4, 0.5) is 14.9 Å². The summed E-state index contributed by atoms with van der Waals surface area (Å²) in [4.78, 5) is 15.8. The predicted molar refractivity (Wildman–Crippen MR) is 146 cm³/mol. The number of urea groups is 1. The largest absolute Gasteiger partial charge is 0.322 e. The minimum atomic E-state index is -0.447. The number of halogens is 1. The summed E-state index contributed by atoms with van der Waals surface area (Å²) >= 11 is 0. The van der Waals surface area contributed by atoms with E-state index in [-0.39, 0.29) is 11.8 Å². The van der Waals surface area contributed by atoms with Gasteiger partial charge in [-0.1, -0.05) is 55.0 Å². The molecule has 38 heavy (non-hydrogen) atoms. The lowest BCUT2D eigenvalue weighted by Crippen LogP contribution is -2.38. The number of anilines is 1. The zero-order valence-corrected chi connectivity index (χ0v) is 21.3. The Morgan fingerprint density at radius 3 is 2.42 bits per heavy atom. The fourth-order valence-electron chi connectivity index (χ4n) is 5.18. The Morgan fingerprint density at radius 2 is 1.71 bits per heavy atom. The van der Waals surface area contributed by atoms with Gasteiger partial charge >= 0.3 is 6.03 Å². The zero-order chi connectivity index (χ0) is 26.2. The number of carbonyl (C=O) groups excluding carboxylic acids is 1. The Bertz CT molecular complexity index is 1590. The topological polar surface area (TPSA) is 55.1 Å². The van der Waals surface area contributed by atoms with Crippen LogP contribution in [0, 0.1) is 12.7 Å². The van der Waals surface area contributed by atoms with Gasteiger partial charge in [0.2, 0.25) is 0 Å². The minimum Gasteiger partial charge on any atom is -0.308 e. The molecule has 7 heteroatoms. The van der Waals surface area contributed by atoms with Crippen LogP contribution in [0.15, 0.2) is 97.2 Å². The highest BCUT2D eigenvalue weighted by Gasteiger charge is 2.36. The second-order valence-electron chi connectivity index (χ2n) is 9.53. The van der Waals surface area contributed by atoms with Crippen molar-refractivity contribution in [2.45, 2.75) is 32.9 Å². The number of hydrogen-bond donors (Lipinski definition) is 1. The number of amides is 2. The van der Waals surface area contributed by atoms with Gasteiger partial charge in [-0.3, -0.25) is 0 Å². The van der Waals surface area contributed by atoms with Crippen LogP contribution in [0.25, 0.3) is 11.5 Å². The standard InChI is InChI=1S/C31H28FN5O/c1-3-27-26-20-36(31(38)33-24-17-11-21(2)12-18-24)29(22-13-15-23(32)16-14-22)28-10-7-19-35(28)30(26)37(34-27)25-8-5-4-6-9-25/h4-19,29H,3,20H2,1-2H3,(H,33,38)/t29-/m1/s1. The molecular weight excluding hydrogens is 477 g/mol. The number of aryl methyl sites for hydroxylation is 2. The van der Waals surface area contributed by atoms with Crippen molar-refractivity contribution in [3.63, 3.8) is 0 Å². The van der Waals surface area contributed by atoms with Gasteiger partial charge in [-0.15, -0.1) is 0 Å². The van der Waals surface area contributed by atoms with Crippen LogP contribution >= 0.6 is 0 Å². The van der Waals surface area contributed by atoms with Gasteiger partial charge in [0.1, 0.15) is 11.6 Å². The maximum Gasteiger partial charge on any atom is 0.322 e. The van der Waals surface area contributed by atoms with Gasteiger partial charge < -0.3 is 14.8 Å². The monoisotopic (exact) mass is 505 g/mol. The number of nitrogens with one attached hydrogen (secondary N) is 1. The van der Waals surface area contributed by atoms with E-state index in [1.54, 1.807) is 12.1 Å². The first-order chi connectivity index (χ1) is 18.5. The first-order valence-electron chi connectivity index (χ1n) is 12.8.